The van der Waals surface area contributed by atoms with E-state index in [1.807, 2.05) is 24.3 Å². The third-order valence-electron chi connectivity index (χ3n) is 3.14. The summed E-state index contributed by atoms with van der Waals surface area (Å²) in [5.41, 5.74) is 1.99. The van der Waals surface area contributed by atoms with Gasteiger partial charge in [0.2, 0.25) is 0 Å². The van der Waals surface area contributed by atoms with Crippen molar-refractivity contribution in [3.63, 3.8) is 0 Å². The standard InChI is InChI=1S/C13H16N2O3/c1-2-10(12(16)17)14-13(18)15-8-7-9-5-3-4-6-11(9)15/h3-6,10H,2,7-8H2,1H3,(H,14,18)(H,16,17)/t10-/m0/s1. The second-order valence-electron chi connectivity index (χ2n) is 4.28. The molecule has 2 amide bonds. The Bertz CT molecular complexity index is 473. The van der Waals surface area contributed by atoms with Gasteiger partial charge in [-0.25, -0.2) is 9.59 Å². The molecule has 5 nitrogen and oxygen atoms in total. The van der Waals surface area contributed by atoms with Gasteiger partial charge in [-0.3, -0.25) is 4.90 Å². The van der Waals surface area contributed by atoms with Crippen molar-refractivity contribution in [1.29, 1.82) is 0 Å². The third kappa shape index (κ3) is 2.30. The van der Waals surface area contributed by atoms with Gasteiger partial charge in [-0.05, 0) is 24.5 Å². The van der Waals surface area contributed by atoms with Gasteiger partial charge in [0, 0.05) is 12.2 Å². The van der Waals surface area contributed by atoms with Gasteiger partial charge in [0.1, 0.15) is 6.04 Å². The van der Waals surface area contributed by atoms with Crippen molar-refractivity contribution < 1.29 is 14.7 Å². The molecule has 1 atom stereocenters. The van der Waals surface area contributed by atoms with Crippen LogP contribution in [0.15, 0.2) is 24.3 Å². The maximum absolute atomic E-state index is 12.0. The fourth-order valence-corrected chi connectivity index (χ4v) is 2.11. The summed E-state index contributed by atoms with van der Waals surface area (Å²) < 4.78 is 0. The topological polar surface area (TPSA) is 69.6 Å². The summed E-state index contributed by atoms with van der Waals surface area (Å²) in [5, 5.41) is 11.5. The Morgan fingerprint density at radius 1 is 1.44 bits per heavy atom. The highest BCUT2D eigenvalue weighted by atomic mass is 16.4. The Hall–Kier alpha value is -2.04. The number of benzene rings is 1. The number of rotatable bonds is 3. The SMILES string of the molecule is CC[C@H](NC(=O)N1CCc2ccccc21)C(=O)O. The van der Waals surface area contributed by atoms with Crippen LogP contribution in [0, 0.1) is 0 Å². The molecule has 1 aromatic rings. The summed E-state index contributed by atoms with van der Waals surface area (Å²) >= 11 is 0. The number of amides is 2. The van der Waals surface area contributed by atoms with Crippen molar-refractivity contribution in [3.8, 4) is 0 Å². The molecule has 5 heteroatoms. The number of hydrogen-bond acceptors (Lipinski definition) is 2. The number of hydrogen-bond donors (Lipinski definition) is 2. The van der Waals surface area contributed by atoms with Crippen LogP contribution in [0.25, 0.3) is 0 Å². The molecule has 0 aromatic heterocycles. The maximum Gasteiger partial charge on any atom is 0.326 e. The molecule has 0 spiro atoms. The summed E-state index contributed by atoms with van der Waals surface area (Å²) in [5.74, 6) is -1.00. The Labute approximate surface area is 105 Å². The van der Waals surface area contributed by atoms with Crippen molar-refractivity contribution in [2.75, 3.05) is 11.4 Å². The predicted octanol–water partition coefficient (Wildman–Crippen LogP) is 1.62. The van der Waals surface area contributed by atoms with Gasteiger partial charge in [-0.1, -0.05) is 25.1 Å². The normalized spacial score (nSPS) is 15.1. The molecule has 0 aliphatic carbocycles. The molecule has 0 unspecified atom stereocenters. The van der Waals surface area contributed by atoms with Crippen LogP contribution in [0.3, 0.4) is 0 Å². The van der Waals surface area contributed by atoms with Crippen LogP contribution in [0.2, 0.25) is 0 Å². The summed E-state index contributed by atoms with van der Waals surface area (Å²) in [6.07, 6.45) is 1.18. The lowest BCUT2D eigenvalue weighted by molar-refractivity contribution is -0.139. The van der Waals surface area contributed by atoms with Gasteiger partial charge in [0.15, 0.2) is 0 Å². The molecule has 1 heterocycles. The van der Waals surface area contributed by atoms with Crippen LogP contribution < -0.4 is 10.2 Å². The van der Waals surface area contributed by atoms with Crippen LogP contribution in [0.1, 0.15) is 18.9 Å². The molecule has 2 rings (SSSR count). The van der Waals surface area contributed by atoms with E-state index in [0.29, 0.717) is 13.0 Å². The number of carboxylic acids is 1. The van der Waals surface area contributed by atoms with Gasteiger partial charge in [-0.15, -0.1) is 0 Å². The summed E-state index contributed by atoms with van der Waals surface area (Å²) in [6, 6.07) is 6.51. The molecule has 0 bridgehead atoms. The molecule has 1 aliphatic heterocycles. The molecular weight excluding hydrogens is 232 g/mol. The first-order valence-corrected chi connectivity index (χ1v) is 6.02. The van der Waals surface area contributed by atoms with Crippen LogP contribution >= 0.6 is 0 Å². The Morgan fingerprint density at radius 2 is 2.17 bits per heavy atom. The highest BCUT2D eigenvalue weighted by Gasteiger charge is 2.27. The second kappa shape index (κ2) is 5.08. The lowest BCUT2D eigenvalue weighted by atomic mass is 10.2. The lowest BCUT2D eigenvalue weighted by Crippen LogP contribution is -2.47. The zero-order chi connectivity index (χ0) is 13.1. The third-order valence-corrected chi connectivity index (χ3v) is 3.14. The lowest BCUT2D eigenvalue weighted by Gasteiger charge is -2.20. The van der Waals surface area contributed by atoms with Crippen molar-refractivity contribution in [1.82, 2.24) is 5.32 Å². The quantitative estimate of drug-likeness (QED) is 0.854. The number of urea groups is 1. The first kappa shape index (κ1) is 12.4. The Balaban J connectivity index is 2.10. The van der Waals surface area contributed by atoms with Crippen LogP contribution in [-0.2, 0) is 11.2 Å². The molecule has 0 fully saturated rings. The van der Waals surface area contributed by atoms with E-state index in [9.17, 15) is 9.59 Å². The first-order valence-electron chi connectivity index (χ1n) is 6.02. The van der Waals surface area contributed by atoms with E-state index in [0.717, 1.165) is 17.7 Å². The van der Waals surface area contributed by atoms with E-state index in [1.54, 1.807) is 11.8 Å². The predicted molar refractivity (Wildman–Crippen MR) is 67.7 cm³/mol. The average Bonchev–Trinajstić information content (AvgIpc) is 2.79. The van der Waals surface area contributed by atoms with E-state index in [2.05, 4.69) is 5.32 Å². The maximum atomic E-state index is 12.0. The second-order valence-corrected chi connectivity index (χ2v) is 4.28. The number of nitrogens with one attached hydrogen (secondary N) is 1. The number of carbonyl (C=O) groups excluding carboxylic acids is 1. The van der Waals surface area contributed by atoms with Crippen LogP contribution in [0.5, 0.6) is 0 Å². The number of carboxylic acid groups (broad SMARTS) is 1. The van der Waals surface area contributed by atoms with E-state index in [1.165, 1.54) is 0 Å². The van der Waals surface area contributed by atoms with Crippen molar-refractivity contribution in [3.05, 3.63) is 29.8 Å². The Morgan fingerprint density at radius 3 is 2.83 bits per heavy atom. The summed E-state index contributed by atoms with van der Waals surface area (Å²) in [7, 11) is 0. The minimum atomic E-state index is -1.00. The van der Waals surface area contributed by atoms with Crippen LogP contribution in [0.4, 0.5) is 10.5 Å². The molecule has 1 aromatic carbocycles. The molecule has 0 saturated carbocycles. The van der Waals surface area contributed by atoms with Gasteiger partial charge in [0.25, 0.3) is 0 Å². The molecule has 0 radical (unpaired) electrons. The zero-order valence-corrected chi connectivity index (χ0v) is 10.2. The monoisotopic (exact) mass is 248 g/mol. The number of aliphatic carboxylic acids is 1. The zero-order valence-electron chi connectivity index (χ0n) is 10.2. The molecule has 96 valence electrons. The smallest absolute Gasteiger partial charge is 0.326 e. The average molecular weight is 248 g/mol. The van der Waals surface area contributed by atoms with Crippen molar-refractivity contribution in [2.24, 2.45) is 0 Å². The number of fused-ring (bicyclic) bond motifs is 1. The largest absolute Gasteiger partial charge is 0.480 e. The van der Waals surface area contributed by atoms with Gasteiger partial charge in [0.05, 0.1) is 0 Å². The van der Waals surface area contributed by atoms with Gasteiger partial charge in [-0.2, -0.15) is 0 Å². The number of para-hydroxylation sites is 1. The van der Waals surface area contributed by atoms with Crippen molar-refractivity contribution >= 4 is 17.7 Å². The van der Waals surface area contributed by atoms with E-state index in [4.69, 9.17) is 5.11 Å². The molecule has 1 aliphatic rings. The Kier molecular flexibility index (Phi) is 3.50. The number of carbonyl (C=O) groups is 2. The summed E-state index contributed by atoms with van der Waals surface area (Å²) in [6.45, 7) is 2.33. The minimum Gasteiger partial charge on any atom is -0.480 e. The van der Waals surface area contributed by atoms with E-state index >= 15 is 0 Å². The van der Waals surface area contributed by atoms with Crippen molar-refractivity contribution in [2.45, 2.75) is 25.8 Å². The molecule has 0 saturated heterocycles. The molecule has 2 N–H and O–H groups in total. The van der Waals surface area contributed by atoms with Gasteiger partial charge < -0.3 is 10.4 Å². The van der Waals surface area contributed by atoms with Crippen LogP contribution in [-0.4, -0.2) is 29.7 Å². The van der Waals surface area contributed by atoms with E-state index < -0.39 is 12.0 Å². The highest BCUT2D eigenvalue weighted by Crippen LogP contribution is 2.27. The van der Waals surface area contributed by atoms with E-state index in [-0.39, 0.29) is 6.03 Å². The summed E-state index contributed by atoms with van der Waals surface area (Å²) in [4.78, 5) is 24.5. The molecular formula is C13H16N2O3. The number of anilines is 1. The molecule has 18 heavy (non-hydrogen) atoms. The van der Waals surface area contributed by atoms with Gasteiger partial charge >= 0.3 is 12.0 Å². The first-order chi connectivity index (χ1) is 8.63. The fourth-order valence-electron chi connectivity index (χ4n) is 2.11. The highest BCUT2D eigenvalue weighted by molar-refractivity contribution is 5.96. The minimum absolute atomic E-state index is 0.339. The fraction of sp³-hybridized carbons (Fsp3) is 0.385. The number of nitrogens with zero attached hydrogens (tertiary/aromatic N) is 1.